The van der Waals surface area contributed by atoms with Crippen LogP contribution in [0.25, 0.3) is 0 Å². The van der Waals surface area contributed by atoms with Gasteiger partial charge in [-0.05, 0) is 25.7 Å². The molecule has 0 saturated heterocycles. The molecule has 1 heterocycles. The van der Waals surface area contributed by atoms with Crippen LogP contribution in [0.1, 0.15) is 31.5 Å². The average Bonchev–Trinajstić information content (AvgIpc) is 2.80. The molecule has 1 aromatic heterocycles. The van der Waals surface area contributed by atoms with Crippen molar-refractivity contribution >= 4 is 0 Å². The van der Waals surface area contributed by atoms with Crippen LogP contribution in [0.15, 0.2) is 4.52 Å². The van der Waals surface area contributed by atoms with E-state index in [4.69, 9.17) is 5.73 Å². The van der Waals surface area contributed by atoms with Gasteiger partial charge in [-0.2, -0.15) is 18.2 Å². The Kier molecular flexibility index (Phi) is 2.04. The highest BCUT2D eigenvalue weighted by Crippen LogP contribution is 2.43. The van der Waals surface area contributed by atoms with E-state index >= 15 is 0 Å². The molecule has 0 bridgehead atoms. The van der Waals surface area contributed by atoms with Gasteiger partial charge in [-0.25, -0.2) is 0 Å². The van der Waals surface area contributed by atoms with Crippen molar-refractivity contribution in [1.82, 2.24) is 10.1 Å². The Morgan fingerprint density at radius 1 is 1.40 bits per heavy atom. The van der Waals surface area contributed by atoms with Crippen LogP contribution in [0.4, 0.5) is 13.2 Å². The zero-order chi connectivity index (χ0) is 11.3. The Balaban J connectivity index is 2.27. The van der Waals surface area contributed by atoms with Crippen molar-refractivity contribution < 1.29 is 17.7 Å². The van der Waals surface area contributed by atoms with Crippen molar-refractivity contribution in [3.05, 3.63) is 11.7 Å². The summed E-state index contributed by atoms with van der Waals surface area (Å²) >= 11 is 0. The summed E-state index contributed by atoms with van der Waals surface area (Å²) < 4.78 is 41.1. The predicted molar refractivity (Wildman–Crippen MR) is 43.6 cm³/mol. The average molecular weight is 221 g/mol. The first kappa shape index (κ1) is 10.4. The van der Waals surface area contributed by atoms with Gasteiger partial charge < -0.3 is 10.3 Å². The molecule has 4 nitrogen and oxygen atoms in total. The highest BCUT2D eigenvalue weighted by Gasteiger charge is 2.46. The molecule has 0 amide bonds. The number of rotatable bonds is 2. The zero-order valence-electron chi connectivity index (χ0n) is 8.01. The van der Waals surface area contributed by atoms with Crippen molar-refractivity contribution in [2.45, 2.75) is 31.5 Å². The molecule has 0 radical (unpaired) electrons. The molecule has 15 heavy (non-hydrogen) atoms. The lowest BCUT2D eigenvalue weighted by molar-refractivity contribution is -0.146. The molecule has 1 aliphatic rings. The summed E-state index contributed by atoms with van der Waals surface area (Å²) in [4.78, 5) is 3.29. The summed E-state index contributed by atoms with van der Waals surface area (Å²) in [7, 11) is 0. The highest BCUT2D eigenvalue weighted by atomic mass is 19.4. The van der Waals surface area contributed by atoms with E-state index in [-0.39, 0.29) is 11.8 Å². The maximum absolute atomic E-state index is 12.2. The molecule has 1 aromatic rings. The van der Waals surface area contributed by atoms with E-state index in [0.717, 1.165) is 12.8 Å². The largest absolute Gasteiger partial charge is 0.455 e. The van der Waals surface area contributed by atoms with E-state index in [1.54, 1.807) is 6.92 Å². The second kappa shape index (κ2) is 2.94. The fraction of sp³-hybridized carbons (Fsp3) is 0.750. The zero-order valence-corrected chi connectivity index (χ0v) is 8.01. The molecule has 1 aliphatic carbocycles. The Bertz CT molecular complexity index is 367. The number of halogens is 3. The molecule has 0 spiro atoms. The minimum Gasteiger partial charge on any atom is -0.337 e. The summed E-state index contributed by atoms with van der Waals surface area (Å²) in [5.74, 6) is -1.27. The van der Waals surface area contributed by atoms with E-state index in [0.29, 0.717) is 0 Å². The highest BCUT2D eigenvalue weighted by molar-refractivity contribution is 5.08. The van der Waals surface area contributed by atoms with Crippen molar-refractivity contribution in [2.24, 2.45) is 11.7 Å². The minimum absolute atomic E-state index is 0.138. The Labute approximate surface area is 83.6 Å². The summed E-state index contributed by atoms with van der Waals surface area (Å²) in [6, 6.07) is 0. The molecule has 1 saturated carbocycles. The number of nitrogens with two attached hydrogens (primary N) is 1. The number of alkyl halides is 3. The smallest absolute Gasteiger partial charge is 0.337 e. The molecule has 2 rings (SSSR count). The van der Waals surface area contributed by atoms with Gasteiger partial charge in [-0.1, -0.05) is 5.16 Å². The summed E-state index contributed by atoms with van der Waals surface area (Å²) in [6.07, 6.45) is -2.81. The van der Waals surface area contributed by atoms with Crippen LogP contribution in [-0.4, -0.2) is 10.1 Å². The van der Waals surface area contributed by atoms with Gasteiger partial charge in [0.2, 0.25) is 5.89 Å². The fourth-order valence-electron chi connectivity index (χ4n) is 1.42. The van der Waals surface area contributed by atoms with Crippen LogP contribution >= 0.6 is 0 Å². The fourth-order valence-corrected chi connectivity index (χ4v) is 1.42. The van der Waals surface area contributed by atoms with Crippen LogP contribution in [0.2, 0.25) is 0 Å². The Hall–Kier alpha value is -1.11. The lowest BCUT2D eigenvalue weighted by atomic mass is 9.97. The summed E-state index contributed by atoms with van der Waals surface area (Å²) in [5.41, 5.74) is 4.89. The SMILES string of the molecule is CC(N)(c1nc(C(F)(F)F)no1)C1CC1. The normalized spacial score (nSPS) is 21.4. The first-order valence-corrected chi connectivity index (χ1v) is 4.52. The Morgan fingerprint density at radius 3 is 2.40 bits per heavy atom. The van der Waals surface area contributed by atoms with Crippen LogP contribution in [0.5, 0.6) is 0 Å². The quantitative estimate of drug-likeness (QED) is 0.824. The summed E-state index contributed by atoms with van der Waals surface area (Å²) in [6.45, 7) is 1.61. The summed E-state index contributed by atoms with van der Waals surface area (Å²) in [5, 5.41) is 2.87. The number of nitrogens with zero attached hydrogens (tertiary/aromatic N) is 2. The molecule has 84 valence electrons. The first-order chi connectivity index (χ1) is 6.82. The van der Waals surface area contributed by atoms with Gasteiger partial charge in [0.25, 0.3) is 5.82 Å². The predicted octanol–water partition coefficient (Wildman–Crippen LogP) is 1.67. The lowest BCUT2D eigenvalue weighted by Crippen LogP contribution is -2.35. The lowest BCUT2D eigenvalue weighted by Gasteiger charge is -2.18. The van der Waals surface area contributed by atoms with Crippen molar-refractivity contribution in [3.8, 4) is 0 Å². The van der Waals surface area contributed by atoms with Crippen LogP contribution in [0, 0.1) is 5.92 Å². The van der Waals surface area contributed by atoms with Gasteiger partial charge in [-0.3, -0.25) is 0 Å². The van der Waals surface area contributed by atoms with Gasteiger partial charge >= 0.3 is 6.18 Å². The maximum Gasteiger partial charge on any atom is 0.455 e. The van der Waals surface area contributed by atoms with Crippen molar-refractivity contribution in [3.63, 3.8) is 0 Å². The second-order valence-electron chi connectivity index (χ2n) is 3.98. The van der Waals surface area contributed by atoms with Crippen molar-refractivity contribution in [2.75, 3.05) is 0 Å². The molecule has 1 unspecified atom stereocenters. The van der Waals surface area contributed by atoms with Crippen LogP contribution < -0.4 is 5.73 Å². The van der Waals surface area contributed by atoms with Gasteiger partial charge in [0.15, 0.2) is 0 Å². The first-order valence-electron chi connectivity index (χ1n) is 4.52. The molecule has 2 N–H and O–H groups in total. The molecule has 0 aliphatic heterocycles. The second-order valence-corrected chi connectivity index (χ2v) is 3.98. The molecule has 1 atom stereocenters. The third-order valence-corrected chi connectivity index (χ3v) is 2.57. The van der Waals surface area contributed by atoms with E-state index in [2.05, 4.69) is 14.7 Å². The Morgan fingerprint density at radius 2 is 2.00 bits per heavy atom. The number of hydrogen-bond donors (Lipinski definition) is 1. The van der Waals surface area contributed by atoms with E-state index in [1.807, 2.05) is 0 Å². The third kappa shape index (κ3) is 1.83. The van der Waals surface area contributed by atoms with Crippen molar-refractivity contribution in [1.29, 1.82) is 0 Å². The van der Waals surface area contributed by atoms with Crippen LogP contribution in [0.3, 0.4) is 0 Å². The third-order valence-electron chi connectivity index (χ3n) is 2.57. The maximum atomic E-state index is 12.2. The molecule has 1 fully saturated rings. The molecular formula is C8H10F3N3O. The molecule has 0 aromatic carbocycles. The minimum atomic E-state index is -4.58. The van der Waals surface area contributed by atoms with Gasteiger partial charge in [0.1, 0.15) is 0 Å². The van der Waals surface area contributed by atoms with Gasteiger partial charge in [0.05, 0.1) is 5.54 Å². The number of aromatic nitrogens is 2. The number of hydrogen-bond acceptors (Lipinski definition) is 4. The van der Waals surface area contributed by atoms with E-state index < -0.39 is 17.5 Å². The topological polar surface area (TPSA) is 64.9 Å². The van der Waals surface area contributed by atoms with Crippen LogP contribution in [-0.2, 0) is 11.7 Å². The molecule has 7 heteroatoms. The van der Waals surface area contributed by atoms with Gasteiger partial charge in [-0.15, -0.1) is 0 Å². The molecular weight excluding hydrogens is 211 g/mol. The monoisotopic (exact) mass is 221 g/mol. The van der Waals surface area contributed by atoms with E-state index in [1.165, 1.54) is 0 Å². The van der Waals surface area contributed by atoms with E-state index in [9.17, 15) is 13.2 Å². The standard InChI is InChI=1S/C8H10F3N3O/c1-7(12,4-2-3-4)6-13-5(14-15-6)8(9,10)11/h4H,2-3,12H2,1H3. The van der Waals surface area contributed by atoms with Gasteiger partial charge in [0, 0.05) is 0 Å².